The molecule has 1 aliphatic carbocycles. The van der Waals surface area contributed by atoms with Gasteiger partial charge in [0.1, 0.15) is 11.8 Å². The van der Waals surface area contributed by atoms with E-state index in [0.29, 0.717) is 30.1 Å². The van der Waals surface area contributed by atoms with Crippen LogP contribution in [0.15, 0.2) is 21.4 Å². The molecule has 2 aromatic heterocycles. The average molecular weight is 264 g/mol. The summed E-state index contributed by atoms with van der Waals surface area (Å²) in [5.41, 5.74) is 5.90. The third-order valence-electron chi connectivity index (χ3n) is 3.26. The van der Waals surface area contributed by atoms with Crippen LogP contribution in [0.5, 0.6) is 0 Å². The molecule has 0 amide bonds. The van der Waals surface area contributed by atoms with Gasteiger partial charge in [0.2, 0.25) is 0 Å². The highest BCUT2D eigenvalue weighted by Crippen LogP contribution is 2.25. The quantitative estimate of drug-likeness (QED) is 0.872. The molecule has 19 heavy (non-hydrogen) atoms. The number of hydrogen-bond donors (Lipinski definition) is 1. The Balaban J connectivity index is 1.69. The molecule has 7 heteroatoms. The normalized spacial score (nSPS) is 19.1. The van der Waals surface area contributed by atoms with Crippen molar-refractivity contribution in [2.24, 2.45) is 5.73 Å². The summed E-state index contributed by atoms with van der Waals surface area (Å²) in [5.74, 6) is 0.703. The number of hydrogen-bond acceptors (Lipinski definition) is 7. The van der Waals surface area contributed by atoms with E-state index in [1.165, 1.54) is 12.7 Å². The molecule has 0 saturated heterocycles. The molecule has 0 radical (unpaired) electrons. The predicted octanol–water partition coefficient (Wildman–Crippen LogP) is 1.47. The van der Waals surface area contributed by atoms with Gasteiger partial charge in [-0.05, 0) is 26.2 Å². The second-order valence-corrected chi connectivity index (χ2v) is 5.09. The van der Waals surface area contributed by atoms with Crippen molar-refractivity contribution in [2.75, 3.05) is 6.61 Å². The number of rotatable bonds is 5. The second kappa shape index (κ2) is 4.75. The minimum Gasteiger partial charge on any atom is -0.376 e. The van der Waals surface area contributed by atoms with Gasteiger partial charge in [-0.1, -0.05) is 10.3 Å². The van der Waals surface area contributed by atoms with Gasteiger partial charge in [-0.15, -0.1) is 0 Å². The van der Waals surface area contributed by atoms with E-state index in [-0.39, 0.29) is 0 Å². The van der Waals surface area contributed by atoms with Crippen LogP contribution in [0, 0.1) is 0 Å². The fourth-order valence-electron chi connectivity index (χ4n) is 1.78. The van der Waals surface area contributed by atoms with Gasteiger partial charge in [0.05, 0.1) is 12.7 Å². The van der Waals surface area contributed by atoms with Crippen LogP contribution in [0.3, 0.4) is 0 Å². The molecule has 1 atom stereocenters. The van der Waals surface area contributed by atoms with E-state index in [2.05, 4.69) is 15.3 Å². The van der Waals surface area contributed by atoms with Crippen LogP contribution in [-0.2, 0) is 10.3 Å². The molecule has 2 heterocycles. The lowest BCUT2D eigenvalue weighted by atomic mass is 9.95. The molecule has 2 N–H and O–H groups in total. The number of nitrogens with two attached hydrogens (primary N) is 1. The molecule has 1 saturated carbocycles. The maximum Gasteiger partial charge on any atom is 0.280 e. The predicted molar refractivity (Wildman–Crippen MR) is 64.9 cm³/mol. The van der Waals surface area contributed by atoms with E-state index in [1.807, 2.05) is 6.92 Å². The lowest BCUT2D eigenvalue weighted by Gasteiger charge is -2.29. The number of nitrogens with zero attached hydrogens (tertiary/aromatic N) is 3. The van der Waals surface area contributed by atoms with Crippen molar-refractivity contribution in [1.82, 2.24) is 15.3 Å². The van der Waals surface area contributed by atoms with Crippen molar-refractivity contribution < 1.29 is 13.8 Å². The summed E-state index contributed by atoms with van der Waals surface area (Å²) in [4.78, 5) is 4.24. The molecule has 0 aromatic carbocycles. The highest BCUT2D eigenvalue weighted by molar-refractivity contribution is 5.44. The monoisotopic (exact) mass is 264 g/mol. The fraction of sp³-hybridized carbons (Fsp3) is 0.583. The molecule has 7 nitrogen and oxygen atoms in total. The van der Waals surface area contributed by atoms with E-state index in [4.69, 9.17) is 19.5 Å². The van der Waals surface area contributed by atoms with Crippen molar-refractivity contribution in [2.45, 2.75) is 37.8 Å². The summed E-state index contributed by atoms with van der Waals surface area (Å²) in [6.45, 7) is 2.19. The first-order chi connectivity index (χ1) is 9.15. The molecule has 1 fully saturated rings. The second-order valence-electron chi connectivity index (χ2n) is 5.09. The first-order valence-electron chi connectivity index (χ1n) is 6.30. The first kappa shape index (κ1) is 12.3. The van der Waals surface area contributed by atoms with E-state index in [1.54, 1.807) is 6.07 Å². The Labute approximate surface area is 110 Å². The van der Waals surface area contributed by atoms with E-state index >= 15 is 0 Å². The van der Waals surface area contributed by atoms with Crippen LogP contribution in [-0.4, -0.2) is 28.0 Å². The maximum absolute atomic E-state index is 6.18. The van der Waals surface area contributed by atoms with Gasteiger partial charge in [0, 0.05) is 6.07 Å². The molecule has 2 aromatic rings. The Morgan fingerprint density at radius 1 is 1.47 bits per heavy atom. The van der Waals surface area contributed by atoms with Gasteiger partial charge in [-0.3, -0.25) is 0 Å². The minimum atomic E-state index is -0.777. The Morgan fingerprint density at radius 2 is 2.32 bits per heavy atom. The van der Waals surface area contributed by atoms with Gasteiger partial charge in [0.15, 0.2) is 11.5 Å². The Bertz CT molecular complexity index is 531. The fourth-order valence-corrected chi connectivity index (χ4v) is 1.78. The van der Waals surface area contributed by atoms with Crippen molar-refractivity contribution in [3.8, 4) is 11.6 Å². The first-order valence-corrected chi connectivity index (χ1v) is 6.30. The van der Waals surface area contributed by atoms with Gasteiger partial charge < -0.3 is 19.5 Å². The number of ether oxygens (including phenoxy) is 1. The molecular formula is C12H16N4O3. The van der Waals surface area contributed by atoms with Gasteiger partial charge in [-0.25, -0.2) is 0 Å². The topological polar surface area (TPSA) is 100 Å². The summed E-state index contributed by atoms with van der Waals surface area (Å²) in [6.07, 6.45) is 5.20. The Hall–Kier alpha value is -1.73. The highest BCUT2D eigenvalue weighted by atomic mass is 16.5. The standard InChI is InChI=1S/C12H16N4O3/c1-12(13,7-17-8-3-2-4-8)11-14-10(19-16-11)9-5-6-18-15-9/h5-6,8H,2-4,7,13H2,1H3. The van der Waals surface area contributed by atoms with Crippen LogP contribution in [0.1, 0.15) is 32.0 Å². The molecule has 0 spiro atoms. The summed E-state index contributed by atoms with van der Waals surface area (Å²) in [6, 6.07) is 1.65. The summed E-state index contributed by atoms with van der Waals surface area (Å²) >= 11 is 0. The molecular weight excluding hydrogens is 248 g/mol. The summed E-state index contributed by atoms with van der Waals surface area (Å²) < 4.78 is 15.6. The minimum absolute atomic E-state index is 0.295. The van der Waals surface area contributed by atoms with Crippen molar-refractivity contribution in [3.63, 3.8) is 0 Å². The highest BCUT2D eigenvalue weighted by Gasteiger charge is 2.31. The molecule has 1 unspecified atom stereocenters. The van der Waals surface area contributed by atoms with Crippen molar-refractivity contribution >= 4 is 0 Å². The van der Waals surface area contributed by atoms with Crippen molar-refractivity contribution in [1.29, 1.82) is 0 Å². The Kier molecular flexibility index (Phi) is 3.08. The van der Waals surface area contributed by atoms with Gasteiger partial charge >= 0.3 is 0 Å². The largest absolute Gasteiger partial charge is 0.376 e. The summed E-state index contributed by atoms with van der Waals surface area (Å²) in [7, 11) is 0. The lowest BCUT2D eigenvalue weighted by molar-refractivity contribution is -0.0222. The van der Waals surface area contributed by atoms with Crippen LogP contribution in [0.4, 0.5) is 0 Å². The zero-order chi connectivity index (χ0) is 13.3. The number of aromatic nitrogens is 3. The van der Waals surface area contributed by atoms with Crippen LogP contribution in [0.25, 0.3) is 11.6 Å². The third kappa shape index (κ3) is 2.52. The Morgan fingerprint density at radius 3 is 2.95 bits per heavy atom. The van der Waals surface area contributed by atoms with Gasteiger partial charge in [0.25, 0.3) is 5.89 Å². The zero-order valence-corrected chi connectivity index (χ0v) is 10.7. The van der Waals surface area contributed by atoms with E-state index in [9.17, 15) is 0 Å². The van der Waals surface area contributed by atoms with E-state index in [0.717, 1.165) is 12.8 Å². The molecule has 0 bridgehead atoms. The van der Waals surface area contributed by atoms with Gasteiger partial charge in [-0.2, -0.15) is 4.98 Å². The lowest BCUT2D eigenvalue weighted by Crippen LogP contribution is -2.41. The molecule has 1 aliphatic rings. The molecule has 102 valence electrons. The average Bonchev–Trinajstić information content (AvgIpc) is 2.98. The summed E-state index contributed by atoms with van der Waals surface area (Å²) in [5, 5.41) is 7.63. The van der Waals surface area contributed by atoms with Crippen molar-refractivity contribution in [3.05, 3.63) is 18.2 Å². The smallest absolute Gasteiger partial charge is 0.280 e. The molecule has 3 rings (SSSR count). The molecule has 0 aliphatic heterocycles. The third-order valence-corrected chi connectivity index (χ3v) is 3.26. The van der Waals surface area contributed by atoms with E-state index < -0.39 is 5.54 Å². The van der Waals surface area contributed by atoms with Crippen LogP contribution in [0.2, 0.25) is 0 Å². The SMILES string of the molecule is CC(N)(COC1CCC1)c1noc(-c2ccon2)n1. The van der Waals surface area contributed by atoms with Crippen LogP contribution >= 0.6 is 0 Å². The zero-order valence-electron chi connectivity index (χ0n) is 10.7. The maximum atomic E-state index is 6.18. The van der Waals surface area contributed by atoms with Crippen LogP contribution < -0.4 is 5.73 Å².